The van der Waals surface area contributed by atoms with Crippen LogP contribution in [0.4, 0.5) is 5.69 Å². The van der Waals surface area contributed by atoms with Crippen molar-refractivity contribution in [1.29, 1.82) is 0 Å². The van der Waals surface area contributed by atoms with E-state index in [2.05, 4.69) is 21.2 Å². The second-order valence-corrected chi connectivity index (χ2v) is 6.88. The Kier molecular flexibility index (Phi) is 3.60. The summed E-state index contributed by atoms with van der Waals surface area (Å²) in [4.78, 5) is 19.0. The van der Waals surface area contributed by atoms with E-state index in [1.807, 2.05) is 24.3 Å². The molecule has 2 aliphatic rings. The molecule has 1 aromatic heterocycles. The highest BCUT2D eigenvalue weighted by molar-refractivity contribution is 9.10. The number of nitrogens with two attached hydrogens (primary N) is 1. The van der Waals surface area contributed by atoms with Gasteiger partial charge in [0.15, 0.2) is 10.4 Å². The number of piperidine rings is 1. The highest BCUT2D eigenvalue weighted by atomic mass is 79.9. The van der Waals surface area contributed by atoms with Crippen LogP contribution >= 0.6 is 15.9 Å². The first-order valence-electron chi connectivity index (χ1n) is 7.84. The number of halogens is 1. The number of nitrogens with zero attached hydrogens (tertiary/aromatic N) is 2. The van der Waals surface area contributed by atoms with E-state index in [9.17, 15) is 4.79 Å². The summed E-state index contributed by atoms with van der Waals surface area (Å²) in [6.45, 7) is 1.20. The summed E-state index contributed by atoms with van der Waals surface area (Å²) in [6.07, 6.45) is 1.41. The molecule has 4 rings (SSSR count). The molecule has 24 heavy (non-hydrogen) atoms. The summed E-state index contributed by atoms with van der Waals surface area (Å²) in [6, 6.07) is 11.3. The van der Waals surface area contributed by atoms with E-state index in [-0.39, 0.29) is 5.91 Å². The van der Waals surface area contributed by atoms with E-state index >= 15 is 0 Å². The molecule has 1 aromatic carbocycles. The first-order valence-corrected chi connectivity index (χ1v) is 8.63. The van der Waals surface area contributed by atoms with Gasteiger partial charge in [0.25, 0.3) is 5.91 Å². The Morgan fingerprint density at radius 3 is 2.71 bits per heavy atom. The number of hydrogen-bond acceptors (Lipinski definition) is 5. The maximum absolute atomic E-state index is 12.5. The lowest BCUT2D eigenvalue weighted by molar-refractivity contribution is 0.0652. The van der Waals surface area contributed by atoms with E-state index in [1.54, 1.807) is 17.0 Å². The maximum Gasteiger partial charge on any atom is 0.289 e. The van der Waals surface area contributed by atoms with Crippen LogP contribution in [-0.2, 0) is 0 Å². The molecule has 0 aliphatic carbocycles. The Bertz CT molecular complexity index is 822. The molecule has 1 amide bonds. The number of carbonyl (C=O) groups is 1. The topological polar surface area (TPSA) is 83.9 Å². The molecule has 7 heteroatoms. The average molecular weight is 389 g/mol. The van der Waals surface area contributed by atoms with Crippen molar-refractivity contribution in [2.45, 2.75) is 18.5 Å². The lowest BCUT2D eigenvalue weighted by Crippen LogP contribution is -2.52. The van der Waals surface area contributed by atoms with Crippen LogP contribution in [0.25, 0.3) is 0 Å². The highest BCUT2D eigenvalue weighted by Crippen LogP contribution is 2.34. The lowest BCUT2D eigenvalue weighted by atomic mass is 9.93. The Morgan fingerprint density at radius 2 is 2.00 bits per heavy atom. The lowest BCUT2D eigenvalue weighted by Gasteiger charge is -2.42. The first-order chi connectivity index (χ1) is 11.6. The van der Waals surface area contributed by atoms with Crippen LogP contribution in [-0.4, -0.2) is 35.4 Å². The number of carbonyl (C=O) groups excluding carboxylic acids is 1. The minimum Gasteiger partial charge on any atom is -0.444 e. The molecule has 2 aromatic rings. The molecule has 1 fully saturated rings. The van der Waals surface area contributed by atoms with Crippen molar-refractivity contribution in [1.82, 2.24) is 4.90 Å². The number of hydrogen-bond donors (Lipinski definition) is 2. The van der Waals surface area contributed by atoms with Crippen molar-refractivity contribution >= 4 is 33.4 Å². The standard InChI is InChI=1S/C17H17BrN4O2/c18-14-6-5-13(24-14)16(23)22-9-7-17(8-10-22)20-12-4-2-1-3-11(12)15(19)21-17/h1-6,20H,7-10H2,(H2,19,21). The predicted octanol–water partition coefficient (Wildman–Crippen LogP) is 2.81. The fraction of sp³-hybridized carbons (Fsp3) is 0.294. The summed E-state index contributed by atoms with van der Waals surface area (Å²) in [5.41, 5.74) is 7.65. The van der Waals surface area contributed by atoms with Crippen LogP contribution in [0.3, 0.4) is 0 Å². The van der Waals surface area contributed by atoms with Gasteiger partial charge < -0.3 is 20.4 Å². The van der Waals surface area contributed by atoms with Gasteiger partial charge in [-0.25, -0.2) is 4.99 Å². The fourth-order valence-corrected chi connectivity index (χ4v) is 3.59. The van der Waals surface area contributed by atoms with Gasteiger partial charge in [0.05, 0.1) is 0 Å². The Hall–Kier alpha value is -2.28. The summed E-state index contributed by atoms with van der Waals surface area (Å²) < 4.78 is 5.92. The smallest absolute Gasteiger partial charge is 0.289 e. The molecular formula is C17H17BrN4O2. The molecule has 1 spiro atoms. The summed E-state index contributed by atoms with van der Waals surface area (Å²) in [5, 5.41) is 3.51. The normalized spacial score (nSPS) is 18.7. The van der Waals surface area contributed by atoms with Gasteiger partial charge in [-0.05, 0) is 40.2 Å². The number of fused-ring (bicyclic) bond motifs is 1. The quantitative estimate of drug-likeness (QED) is 0.786. The van der Waals surface area contributed by atoms with E-state index in [1.165, 1.54) is 0 Å². The molecule has 0 atom stereocenters. The third-order valence-corrected chi connectivity index (χ3v) is 4.99. The third kappa shape index (κ3) is 2.58. The van der Waals surface area contributed by atoms with E-state index < -0.39 is 5.66 Å². The number of amides is 1. The van der Waals surface area contributed by atoms with E-state index in [4.69, 9.17) is 15.1 Å². The van der Waals surface area contributed by atoms with Gasteiger partial charge in [-0.3, -0.25) is 4.79 Å². The van der Waals surface area contributed by atoms with Crippen LogP contribution in [0, 0.1) is 0 Å². The molecule has 0 radical (unpaired) electrons. The van der Waals surface area contributed by atoms with Gasteiger partial charge in [0, 0.05) is 37.2 Å². The number of benzene rings is 1. The average Bonchev–Trinajstić information content (AvgIpc) is 3.01. The van der Waals surface area contributed by atoms with Gasteiger partial charge in [-0.2, -0.15) is 0 Å². The highest BCUT2D eigenvalue weighted by Gasteiger charge is 2.39. The summed E-state index contributed by atoms with van der Waals surface area (Å²) >= 11 is 3.22. The van der Waals surface area contributed by atoms with Gasteiger partial charge in [0.2, 0.25) is 0 Å². The van der Waals surface area contributed by atoms with Crippen LogP contribution in [0.2, 0.25) is 0 Å². The number of likely N-dealkylation sites (tertiary alicyclic amines) is 1. The summed E-state index contributed by atoms with van der Waals surface area (Å²) in [5.74, 6) is 0.811. The SMILES string of the molecule is NC1=NC2(CCN(C(=O)c3ccc(Br)o3)CC2)Nc2ccccc21. The van der Waals surface area contributed by atoms with Crippen molar-refractivity contribution in [2.75, 3.05) is 18.4 Å². The second kappa shape index (κ2) is 5.66. The molecule has 0 saturated carbocycles. The molecule has 1 saturated heterocycles. The van der Waals surface area contributed by atoms with Crippen molar-refractivity contribution < 1.29 is 9.21 Å². The maximum atomic E-state index is 12.5. The number of nitrogens with one attached hydrogen (secondary N) is 1. The molecule has 6 nitrogen and oxygen atoms in total. The minimum absolute atomic E-state index is 0.0938. The first kappa shape index (κ1) is 15.3. The molecule has 3 heterocycles. The van der Waals surface area contributed by atoms with Crippen LogP contribution in [0.15, 0.2) is 50.5 Å². The zero-order chi connectivity index (χ0) is 16.7. The van der Waals surface area contributed by atoms with Crippen molar-refractivity contribution in [3.05, 3.63) is 52.4 Å². The third-order valence-electron chi connectivity index (χ3n) is 4.57. The van der Waals surface area contributed by atoms with Crippen LogP contribution < -0.4 is 11.1 Å². The van der Waals surface area contributed by atoms with Gasteiger partial charge in [-0.1, -0.05) is 12.1 Å². The molecular weight excluding hydrogens is 372 g/mol. The van der Waals surface area contributed by atoms with E-state index in [0.29, 0.717) is 42.2 Å². The number of anilines is 1. The second-order valence-electron chi connectivity index (χ2n) is 6.10. The fourth-order valence-electron chi connectivity index (χ4n) is 3.29. The minimum atomic E-state index is -0.432. The van der Waals surface area contributed by atoms with Gasteiger partial charge in [-0.15, -0.1) is 0 Å². The number of rotatable bonds is 1. The largest absolute Gasteiger partial charge is 0.444 e. The number of para-hydroxylation sites is 1. The Labute approximate surface area is 147 Å². The van der Waals surface area contributed by atoms with Gasteiger partial charge >= 0.3 is 0 Å². The Balaban J connectivity index is 1.51. The van der Waals surface area contributed by atoms with Crippen LogP contribution in [0.1, 0.15) is 29.0 Å². The molecule has 2 aliphatic heterocycles. The number of aliphatic imine (C=N–C) groups is 1. The molecule has 0 bridgehead atoms. The number of amidine groups is 1. The molecule has 0 unspecified atom stereocenters. The van der Waals surface area contributed by atoms with Crippen molar-refractivity contribution in [3.63, 3.8) is 0 Å². The van der Waals surface area contributed by atoms with Crippen molar-refractivity contribution in [3.8, 4) is 0 Å². The zero-order valence-corrected chi connectivity index (χ0v) is 14.5. The Morgan fingerprint density at radius 1 is 1.25 bits per heavy atom. The van der Waals surface area contributed by atoms with Gasteiger partial charge in [0.1, 0.15) is 11.5 Å². The van der Waals surface area contributed by atoms with E-state index in [0.717, 1.165) is 11.3 Å². The number of furan rings is 1. The molecule has 124 valence electrons. The molecule has 3 N–H and O–H groups in total. The monoisotopic (exact) mass is 388 g/mol. The van der Waals surface area contributed by atoms with Crippen LogP contribution in [0.5, 0.6) is 0 Å². The van der Waals surface area contributed by atoms with Crippen molar-refractivity contribution in [2.24, 2.45) is 10.7 Å². The predicted molar refractivity (Wildman–Crippen MR) is 95.1 cm³/mol. The summed E-state index contributed by atoms with van der Waals surface area (Å²) in [7, 11) is 0. The zero-order valence-electron chi connectivity index (χ0n) is 13.0.